The summed E-state index contributed by atoms with van der Waals surface area (Å²) in [5.41, 5.74) is 0. The van der Waals surface area contributed by atoms with Gasteiger partial charge in [0.05, 0.1) is 0 Å². The van der Waals surface area contributed by atoms with Gasteiger partial charge in [-0.2, -0.15) is 20.1 Å². The fraction of sp³-hybridized carbons (Fsp3) is 0.571. The van der Waals surface area contributed by atoms with Gasteiger partial charge < -0.3 is 5.32 Å². The van der Waals surface area contributed by atoms with Gasteiger partial charge in [-0.25, -0.2) is 4.68 Å². The van der Waals surface area contributed by atoms with Gasteiger partial charge in [-0.3, -0.25) is 0 Å². The standard InChI is InChI=1S/C14H22N6S/c1-4-7-15-12-17-13(20-9-5-8-16-20)19-14(18-12)21-10-6-11(2)3/h5,8-9,11H,4,6-7,10H2,1-3H3,(H,15,17,18,19). The smallest absolute Gasteiger partial charge is 0.256 e. The van der Waals surface area contributed by atoms with Crippen molar-refractivity contribution in [3.05, 3.63) is 18.5 Å². The van der Waals surface area contributed by atoms with Gasteiger partial charge in [0, 0.05) is 24.7 Å². The third-order valence-electron chi connectivity index (χ3n) is 2.77. The Morgan fingerprint density at radius 3 is 2.81 bits per heavy atom. The predicted octanol–water partition coefficient (Wildman–Crippen LogP) is 3.02. The van der Waals surface area contributed by atoms with E-state index in [0.717, 1.165) is 30.3 Å². The molecule has 0 unspecified atom stereocenters. The SMILES string of the molecule is CCCNc1nc(SCCC(C)C)nc(-n2cccn2)n1. The third kappa shape index (κ3) is 5.00. The molecule has 7 heteroatoms. The van der Waals surface area contributed by atoms with E-state index in [1.54, 1.807) is 22.6 Å². The molecule has 0 aliphatic heterocycles. The van der Waals surface area contributed by atoms with Gasteiger partial charge in [0.25, 0.3) is 5.95 Å². The molecular weight excluding hydrogens is 284 g/mol. The van der Waals surface area contributed by atoms with Gasteiger partial charge in [0.15, 0.2) is 5.16 Å². The van der Waals surface area contributed by atoms with Crippen LogP contribution >= 0.6 is 11.8 Å². The topological polar surface area (TPSA) is 68.5 Å². The highest BCUT2D eigenvalue weighted by atomic mass is 32.2. The van der Waals surface area contributed by atoms with Gasteiger partial charge in [0.2, 0.25) is 5.95 Å². The molecule has 0 saturated carbocycles. The number of rotatable bonds is 8. The molecule has 6 nitrogen and oxygen atoms in total. The van der Waals surface area contributed by atoms with Crippen molar-refractivity contribution in [1.82, 2.24) is 24.7 Å². The molecule has 0 fully saturated rings. The first kappa shape index (κ1) is 15.8. The van der Waals surface area contributed by atoms with Crippen LogP contribution in [0, 0.1) is 5.92 Å². The van der Waals surface area contributed by atoms with Crippen LogP contribution in [0.15, 0.2) is 23.6 Å². The molecule has 114 valence electrons. The highest BCUT2D eigenvalue weighted by Gasteiger charge is 2.09. The molecule has 0 aliphatic rings. The summed E-state index contributed by atoms with van der Waals surface area (Å²) in [4.78, 5) is 13.4. The van der Waals surface area contributed by atoms with Crippen LogP contribution in [0.2, 0.25) is 0 Å². The first-order valence-corrected chi connectivity index (χ1v) is 8.30. The monoisotopic (exact) mass is 306 g/mol. The molecule has 2 aromatic rings. The first-order valence-electron chi connectivity index (χ1n) is 7.31. The number of hydrogen-bond acceptors (Lipinski definition) is 6. The van der Waals surface area contributed by atoms with Crippen LogP contribution in [0.3, 0.4) is 0 Å². The lowest BCUT2D eigenvalue weighted by Crippen LogP contribution is -2.10. The summed E-state index contributed by atoms with van der Waals surface area (Å²) in [7, 11) is 0. The van der Waals surface area contributed by atoms with E-state index in [1.165, 1.54) is 0 Å². The normalized spacial score (nSPS) is 11.0. The summed E-state index contributed by atoms with van der Waals surface area (Å²) < 4.78 is 1.66. The average molecular weight is 306 g/mol. The van der Waals surface area contributed by atoms with Gasteiger partial charge >= 0.3 is 0 Å². The van der Waals surface area contributed by atoms with Crippen LogP contribution in [-0.2, 0) is 0 Å². The Morgan fingerprint density at radius 2 is 2.14 bits per heavy atom. The second-order valence-corrected chi connectivity index (χ2v) is 6.21. The summed E-state index contributed by atoms with van der Waals surface area (Å²) in [6.07, 6.45) is 5.72. The summed E-state index contributed by atoms with van der Waals surface area (Å²) in [5, 5.41) is 8.15. The molecule has 0 amide bonds. The molecule has 2 rings (SSSR count). The second-order valence-electron chi connectivity index (χ2n) is 5.15. The molecule has 0 aliphatic carbocycles. The Balaban J connectivity index is 2.16. The van der Waals surface area contributed by atoms with E-state index in [-0.39, 0.29) is 0 Å². The maximum atomic E-state index is 4.48. The second kappa shape index (κ2) is 7.97. The van der Waals surface area contributed by atoms with Crippen LogP contribution in [-0.4, -0.2) is 37.0 Å². The lowest BCUT2D eigenvalue weighted by Gasteiger charge is -2.08. The minimum Gasteiger partial charge on any atom is -0.354 e. The zero-order valence-corrected chi connectivity index (χ0v) is 13.6. The number of aromatic nitrogens is 5. The molecular formula is C14H22N6S. The Labute approximate surface area is 129 Å². The molecule has 2 aromatic heterocycles. The van der Waals surface area contributed by atoms with Crippen LogP contribution < -0.4 is 5.32 Å². The van der Waals surface area contributed by atoms with Crippen LogP contribution in [0.1, 0.15) is 33.6 Å². The van der Waals surface area contributed by atoms with Crippen molar-refractivity contribution >= 4 is 17.7 Å². The summed E-state index contributed by atoms with van der Waals surface area (Å²) in [5.74, 6) is 2.86. The maximum Gasteiger partial charge on any atom is 0.256 e. The van der Waals surface area contributed by atoms with Crippen molar-refractivity contribution in [2.45, 2.75) is 38.8 Å². The van der Waals surface area contributed by atoms with Crippen LogP contribution in [0.5, 0.6) is 0 Å². The molecule has 0 saturated heterocycles. The molecule has 0 aromatic carbocycles. The molecule has 21 heavy (non-hydrogen) atoms. The van der Waals surface area contributed by atoms with Crippen LogP contribution in [0.4, 0.5) is 5.95 Å². The zero-order chi connectivity index (χ0) is 15.1. The van der Waals surface area contributed by atoms with Crippen LogP contribution in [0.25, 0.3) is 5.95 Å². The summed E-state index contributed by atoms with van der Waals surface area (Å²) >= 11 is 1.66. The van der Waals surface area contributed by atoms with Gasteiger partial charge in [0.1, 0.15) is 0 Å². The Hall–Kier alpha value is -1.63. The zero-order valence-electron chi connectivity index (χ0n) is 12.8. The minimum atomic E-state index is 0.556. The average Bonchev–Trinajstić information content (AvgIpc) is 2.99. The van der Waals surface area contributed by atoms with E-state index >= 15 is 0 Å². The number of nitrogens with one attached hydrogen (secondary N) is 1. The third-order valence-corrected chi connectivity index (χ3v) is 3.65. The highest BCUT2D eigenvalue weighted by Crippen LogP contribution is 2.18. The first-order chi connectivity index (χ1) is 10.2. The quantitative estimate of drug-likeness (QED) is 0.756. The number of nitrogens with zero attached hydrogens (tertiary/aromatic N) is 5. The molecule has 0 atom stereocenters. The van der Waals surface area contributed by atoms with Crippen molar-refractivity contribution in [3.8, 4) is 5.95 Å². The number of anilines is 1. The van der Waals surface area contributed by atoms with Crippen molar-refractivity contribution in [1.29, 1.82) is 0 Å². The maximum absolute atomic E-state index is 4.48. The fourth-order valence-corrected chi connectivity index (χ4v) is 2.67. The number of hydrogen-bond donors (Lipinski definition) is 1. The Kier molecular flexibility index (Phi) is 5.98. The van der Waals surface area contributed by atoms with Gasteiger partial charge in [-0.05, 0) is 24.8 Å². The van der Waals surface area contributed by atoms with E-state index in [9.17, 15) is 0 Å². The van der Waals surface area contributed by atoms with E-state index in [2.05, 4.69) is 46.1 Å². The lowest BCUT2D eigenvalue weighted by molar-refractivity contribution is 0.631. The predicted molar refractivity (Wildman–Crippen MR) is 85.9 cm³/mol. The van der Waals surface area contributed by atoms with Crippen molar-refractivity contribution < 1.29 is 0 Å². The molecule has 2 heterocycles. The Bertz CT molecular complexity index is 540. The molecule has 0 spiro atoms. The highest BCUT2D eigenvalue weighted by molar-refractivity contribution is 7.99. The summed E-state index contributed by atoms with van der Waals surface area (Å²) in [6, 6.07) is 1.86. The van der Waals surface area contributed by atoms with Gasteiger partial charge in [-0.15, -0.1) is 0 Å². The van der Waals surface area contributed by atoms with Crippen molar-refractivity contribution in [3.63, 3.8) is 0 Å². The van der Waals surface area contributed by atoms with E-state index < -0.39 is 0 Å². The number of thioether (sulfide) groups is 1. The minimum absolute atomic E-state index is 0.556. The van der Waals surface area contributed by atoms with E-state index in [4.69, 9.17) is 0 Å². The molecule has 1 N–H and O–H groups in total. The lowest BCUT2D eigenvalue weighted by atomic mass is 10.2. The fourth-order valence-electron chi connectivity index (χ4n) is 1.60. The van der Waals surface area contributed by atoms with Gasteiger partial charge in [-0.1, -0.05) is 32.5 Å². The molecule has 0 radical (unpaired) electrons. The molecule has 0 bridgehead atoms. The largest absolute Gasteiger partial charge is 0.354 e. The Morgan fingerprint density at radius 1 is 1.29 bits per heavy atom. The van der Waals surface area contributed by atoms with Crippen molar-refractivity contribution in [2.24, 2.45) is 5.92 Å². The van der Waals surface area contributed by atoms with Crippen molar-refractivity contribution in [2.75, 3.05) is 17.6 Å². The van der Waals surface area contributed by atoms with E-state index in [0.29, 0.717) is 17.8 Å². The summed E-state index contributed by atoms with van der Waals surface area (Å²) in [6.45, 7) is 7.40. The van der Waals surface area contributed by atoms with E-state index in [1.807, 2.05) is 12.3 Å².